The average molecular weight is 270 g/mol. The molecule has 2 fully saturated rings. The summed E-state index contributed by atoms with van der Waals surface area (Å²) in [5.74, 6) is -0.734. The van der Waals surface area contributed by atoms with Gasteiger partial charge in [-0.2, -0.15) is 0 Å². The third-order valence-electron chi connectivity index (χ3n) is 4.65. The summed E-state index contributed by atoms with van der Waals surface area (Å²) < 4.78 is 10.5. The highest BCUT2D eigenvalue weighted by Gasteiger charge is 2.58. The van der Waals surface area contributed by atoms with Gasteiger partial charge in [-0.25, -0.2) is 0 Å². The van der Waals surface area contributed by atoms with Gasteiger partial charge in [0.15, 0.2) is 0 Å². The smallest absolute Gasteiger partial charge is 0.315 e. The van der Waals surface area contributed by atoms with Crippen molar-refractivity contribution in [1.82, 2.24) is 0 Å². The number of ether oxygens (including phenoxy) is 2. The summed E-state index contributed by atoms with van der Waals surface area (Å²) in [6, 6.07) is 0. The second-order valence-electron chi connectivity index (χ2n) is 6.67. The lowest BCUT2D eigenvalue weighted by Crippen LogP contribution is -2.56. The molecule has 3 unspecified atom stereocenters. The van der Waals surface area contributed by atoms with Gasteiger partial charge in [0, 0.05) is 5.41 Å². The molecule has 2 aliphatic heterocycles. The molecule has 3 atom stereocenters. The predicted molar refractivity (Wildman–Crippen MR) is 67.2 cm³/mol. The molecule has 0 aromatic carbocycles. The molecule has 0 saturated carbocycles. The van der Waals surface area contributed by atoms with Crippen molar-refractivity contribution < 1.29 is 24.2 Å². The first-order valence-electron chi connectivity index (χ1n) is 6.75. The maximum absolute atomic E-state index is 12.2. The van der Waals surface area contributed by atoms with E-state index in [2.05, 4.69) is 13.8 Å². The number of hydrogen-bond acceptors (Lipinski definition) is 5. The maximum Gasteiger partial charge on any atom is 0.315 e. The van der Waals surface area contributed by atoms with Crippen LogP contribution in [0.1, 0.15) is 40.0 Å². The van der Waals surface area contributed by atoms with Crippen LogP contribution in [0.3, 0.4) is 0 Å². The summed E-state index contributed by atoms with van der Waals surface area (Å²) in [5.41, 5.74) is -1.90. The number of carbonyl (C=O) groups is 2. The number of hydrogen-bond donors (Lipinski definition) is 1. The van der Waals surface area contributed by atoms with Gasteiger partial charge in [0.05, 0.1) is 18.6 Å². The fourth-order valence-corrected chi connectivity index (χ4v) is 3.17. The molecule has 2 saturated heterocycles. The number of cyclic esters (lactones) is 2. The fraction of sp³-hybridized carbons (Fsp3) is 0.857. The molecule has 0 aromatic heterocycles. The largest absolute Gasteiger partial charge is 0.465 e. The Morgan fingerprint density at radius 2 is 1.74 bits per heavy atom. The monoisotopic (exact) mass is 270 g/mol. The fourth-order valence-electron chi connectivity index (χ4n) is 3.17. The molecule has 108 valence electrons. The Labute approximate surface area is 113 Å². The Hall–Kier alpha value is -1.10. The first kappa shape index (κ1) is 14.3. The van der Waals surface area contributed by atoms with Crippen molar-refractivity contribution in [3.8, 4) is 0 Å². The van der Waals surface area contributed by atoms with Crippen molar-refractivity contribution in [2.75, 3.05) is 19.8 Å². The molecule has 0 radical (unpaired) electrons. The highest BCUT2D eigenvalue weighted by molar-refractivity contribution is 5.84. The Morgan fingerprint density at radius 3 is 2.32 bits per heavy atom. The van der Waals surface area contributed by atoms with Gasteiger partial charge >= 0.3 is 11.9 Å². The molecule has 2 rings (SSSR count). The van der Waals surface area contributed by atoms with Crippen molar-refractivity contribution in [1.29, 1.82) is 0 Å². The number of carbonyl (C=O) groups excluding carboxylic acids is 2. The third-order valence-corrected chi connectivity index (χ3v) is 4.65. The summed E-state index contributed by atoms with van der Waals surface area (Å²) in [7, 11) is 0. The van der Waals surface area contributed by atoms with Crippen LogP contribution in [-0.4, -0.2) is 36.9 Å². The molecule has 2 heterocycles. The zero-order valence-corrected chi connectivity index (χ0v) is 11.8. The van der Waals surface area contributed by atoms with E-state index in [0.717, 1.165) is 6.42 Å². The van der Waals surface area contributed by atoms with Gasteiger partial charge < -0.3 is 14.6 Å². The molecular weight excluding hydrogens is 248 g/mol. The SMILES string of the molecule is CCC1(C)COC(=O)C2(COC(=O)C(C)(CO)C2)C1. The van der Waals surface area contributed by atoms with Crippen LogP contribution in [0.15, 0.2) is 0 Å². The summed E-state index contributed by atoms with van der Waals surface area (Å²) in [6.45, 7) is 5.94. The van der Waals surface area contributed by atoms with Crippen LogP contribution < -0.4 is 0 Å². The van der Waals surface area contributed by atoms with E-state index in [-0.39, 0.29) is 24.6 Å². The van der Waals surface area contributed by atoms with Crippen LogP contribution in [0, 0.1) is 16.2 Å². The second kappa shape index (κ2) is 4.47. The van der Waals surface area contributed by atoms with Gasteiger partial charge in [-0.3, -0.25) is 9.59 Å². The number of aliphatic hydroxyl groups excluding tert-OH is 1. The molecule has 19 heavy (non-hydrogen) atoms. The van der Waals surface area contributed by atoms with Crippen LogP contribution in [0.4, 0.5) is 0 Å². The molecule has 0 bridgehead atoms. The molecule has 0 aliphatic carbocycles. The lowest BCUT2D eigenvalue weighted by atomic mass is 9.62. The summed E-state index contributed by atoms with van der Waals surface area (Å²) in [4.78, 5) is 24.0. The van der Waals surface area contributed by atoms with Crippen LogP contribution in [0.25, 0.3) is 0 Å². The Kier molecular flexibility index (Phi) is 3.37. The van der Waals surface area contributed by atoms with Gasteiger partial charge in [-0.05, 0) is 26.2 Å². The number of aliphatic hydroxyl groups is 1. The van der Waals surface area contributed by atoms with Crippen molar-refractivity contribution in [3.05, 3.63) is 0 Å². The average Bonchev–Trinajstić information content (AvgIpc) is 2.39. The maximum atomic E-state index is 12.2. The van der Waals surface area contributed by atoms with Gasteiger partial charge in [0.2, 0.25) is 0 Å². The van der Waals surface area contributed by atoms with Gasteiger partial charge in [-0.1, -0.05) is 13.8 Å². The third kappa shape index (κ3) is 2.24. The minimum absolute atomic E-state index is 0.0653. The van der Waals surface area contributed by atoms with E-state index in [9.17, 15) is 14.7 Å². The molecule has 0 aromatic rings. The van der Waals surface area contributed by atoms with Crippen molar-refractivity contribution in [2.45, 2.75) is 40.0 Å². The highest BCUT2D eigenvalue weighted by atomic mass is 16.6. The van der Waals surface area contributed by atoms with Crippen LogP contribution >= 0.6 is 0 Å². The first-order chi connectivity index (χ1) is 8.79. The predicted octanol–water partition coefficient (Wildman–Crippen LogP) is 1.28. The molecule has 5 nitrogen and oxygen atoms in total. The van der Waals surface area contributed by atoms with Crippen molar-refractivity contribution >= 4 is 11.9 Å². The molecular formula is C14H22O5. The number of esters is 2. The Morgan fingerprint density at radius 1 is 1.11 bits per heavy atom. The highest BCUT2D eigenvalue weighted by Crippen LogP contribution is 2.50. The summed E-state index contributed by atoms with van der Waals surface area (Å²) >= 11 is 0. The van der Waals surface area contributed by atoms with Crippen LogP contribution in [-0.2, 0) is 19.1 Å². The summed E-state index contributed by atoms with van der Waals surface area (Å²) in [5, 5.41) is 9.46. The molecule has 1 spiro atoms. The van der Waals surface area contributed by atoms with E-state index in [4.69, 9.17) is 9.47 Å². The van der Waals surface area contributed by atoms with Crippen molar-refractivity contribution in [3.63, 3.8) is 0 Å². The van der Waals surface area contributed by atoms with E-state index < -0.39 is 16.8 Å². The van der Waals surface area contributed by atoms with Gasteiger partial charge in [0.25, 0.3) is 0 Å². The van der Waals surface area contributed by atoms with E-state index in [1.807, 2.05) is 0 Å². The standard InChI is InChI=1S/C14H22O5/c1-4-12(2)5-14(11(17)18-8-12)6-13(3,7-15)10(16)19-9-14/h15H,4-9H2,1-3H3. The quantitative estimate of drug-likeness (QED) is 0.765. The minimum Gasteiger partial charge on any atom is -0.465 e. The van der Waals surface area contributed by atoms with Gasteiger partial charge in [-0.15, -0.1) is 0 Å². The summed E-state index contributed by atoms with van der Waals surface area (Å²) in [6.07, 6.45) is 1.83. The molecule has 5 heteroatoms. The van der Waals surface area contributed by atoms with Crippen molar-refractivity contribution in [2.24, 2.45) is 16.2 Å². The molecule has 1 N–H and O–H groups in total. The van der Waals surface area contributed by atoms with E-state index in [1.54, 1.807) is 6.92 Å². The topological polar surface area (TPSA) is 72.8 Å². The second-order valence-corrected chi connectivity index (χ2v) is 6.67. The lowest BCUT2D eigenvalue weighted by molar-refractivity contribution is -0.202. The van der Waals surface area contributed by atoms with Gasteiger partial charge in [0.1, 0.15) is 12.0 Å². The first-order valence-corrected chi connectivity index (χ1v) is 6.75. The Bertz CT molecular complexity index is 407. The molecule has 0 amide bonds. The minimum atomic E-state index is -1.01. The lowest BCUT2D eigenvalue weighted by Gasteiger charge is -2.49. The normalized spacial score (nSPS) is 42.9. The zero-order chi connectivity index (χ0) is 14.3. The van der Waals surface area contributed by atoms with E-state index in [0.29, 0.717) is 19.4 Å². The molecule has 2 aliphatic rings. The Balaban J connectivity index is 2.30. The van der Waals surface area contributed by atoms with E-state index in [1.165, 1.54) is 0 Å². The zero-order valence-electron chi connectivity index (χ0n) is 11.8. The van der Waals surface area contributed by atoms with Crippen LogP contribution in [0.5, 0.6) is 0 Å². The number of rotatable bonds is 2. The van der Waals surface area contributed by atoms with Crippen LogP contribution in [0.2, 0.25) is 0 Å². The van der Waals surface area contributed by atoms with E-state index >= 15 is 0 Å².